The molecule has 1 rings (SSSR count). The Kier molecular flexibility index (Phi) is 8.00. The molecule has 0 saturated carbocycles. The lowest BCUT2D eigenvalue weighted by molar-refractivity contribution is -0.456. The van der Waals surface area contributed by atoms with Crippen molar-refractivity contribution in [2.45, 2.75) is 0 Å². The van der Waals surface area contributed by atoms with Gasteiger partial charge in [0, 0.05) is 10.7 Å². The third kappa shape index (κ3) is 5.36. The topological polar surface area (TPSA) is 61.6 Å². The van der Waals surface area contributed by atoms with Gasteiger partial charge in [0.05, 0.1) is 7.11 Å². The summed E-state index contributed by atoms with van der Waals surface area (Å²) < 4.78 is 5.04. The van der Waals surface area contributed by atoms with Gasteiger partial charge in [-0.15, -0.1) is 5.10 Å². The molecule has 0 aliphatic heterocycles. The van der Waals surface area contributed by atoms with E-state index >= 15 is 0 Å². The molecule has 0 atom stereocenters. The zero-order valence-electron chi connectivity index (χ0n) is 9.11. The van der Waals surface area contributed by atoms with E-state index in [1.165, 1.54) is 11.8 Å². The largest absolute Gasteiger partial charge is 1.00 e. The smallest absolute Gasteiger partial charge is 0.225 e. The fraction of sp³-hybridized carbons (Fsp3) is 0.200. The normalized spacial score (nSPS) is 11.2. The Labute approximate surface area is 116 Å². The Morgan fingerprint density at radius 1 is 1.44 bits per heavy atom. The van der Waals surface area contributed by atoms with E-state index in [9.17, 15) is 0 Å². The number of hydrogen-bond acceptors (Lipinski definition) is 3. The highest BCUT2D eigenvalue weighted by Crippen LogP contribution is 2.08. The number of thioether (sulfide) groups is 1. The zero-order valence-corrected chi connectivity index (χ0v) is 12.1. The summed E-state index contributed by atoms with van der Waals surface area (Å²) in [5, 5.41) is 7.17. The highest BCUT2D eigenvalue weighted by molar-refractivity contribution is 8.13. The molecule has 16 heavy (non-hydrogen) atoms. The summed E-state index contributed by atoms with van der Waals surface area (Å²) in [5.74, 6) is 0.833. The van der Waals surface area contributed by atoms with Crippen LogP contribution in [0, 0.1) is 0 Å². The SMILES string of the molecule is COc1ccc(/C=[NH+]\N=C(\N)SC)cc1.[I-]. The molecule has 88 valence electrons. The minimum Gasteiger partial charge on any atom is -1.00 e. The van der Waals surface area contributed by atoms with Gasteiger partial charge in [0.1, 0.15) is 5.75 Å². The van der Waals surface area contributed by atoms with Crippen molar-refractivity contribution in [3.05, 3.63) is 29.8 Å². The summed E-state index contributed by atoms with van der Waals surface area (Å²) in [6, 6.07) is 7.62. The van der Waals surface area contributed by atoms with Crippen molar-refractivity contribution in [3.8, 4) is 5.75 Å². The number of benzene rings is 1. The van der Waals surface area contributed by atoms with Gasteiger partial charge in [-0.25, -0.2) is 0 Å². The van der Waals surface area contributed by atoms with Gasteiger partial charge in [0.2, 0.25) is 11.4 Å². The molecule has 0 spiro atoms. The molecular formula is C10H14IN3OS. The Morgan fingerprint density at radius 3 is 2.56 bits per heavy atom. The van der Waals surface area contributed by atoms with E-state index in [1.807, 2.05) is 30.5 Å². The molecule has 1 aromatic rings. The second kappa shape index (κ2) is 8.40. The highest BCUT2D eigenvalue weighted by Gasteiger charge is 1.93. The van der Waals surface area contributed by atoms with Crippen LogP contribution in [-0.4, -0.2) is 24.7 Å². The van der Waals surface area contributed by atoms with Gasteiger partial charge in [-0.2, -0.15) is 0 Å². The number of nitrogens with two attached hydrogens (primary N) is 1. The number of amidine groups is 1. The van der Waals surface area contributed by atoms with Crippen LogP contribution in [0.15, 0.2) is 29.4 Å². The van der Waals surface area contributed by atoms with Crippen LogP contribution in [-0.2, 0) is 0 Å². The second-order valence-electron chi connectivity index (χ2n) is 2.70. The number of halogens is 1. The predicted molar refractivity (Wildman–Crippen MR) is 64.3 cm³/mol. The summed E-state index contributed by atoms with van der Waals surface area (Å²) in [6.45, 7) is 0. The first kappa shape index (κ1) is 15.2. The summed E-state index contributed by atoms with van der Waals surface area (Å²) in [7, 11) is 1.64. The lowest BCUT2D eigenvalue weighted by Crippen LogP contribution is -3.00. The number of methoxy groups -OCH3 is 1. The Balaban J connectivity index is 0.00000225. The third-order valence-electron chi connectivity index (χ3n) is 1.73. The molecule has 1 aromatic carbocycles. The Bertz CT molecular complexity index is 365. The van der Waals surface area contributed by atoms with E-state index in [1.54, 1.807) is 13.3 Å². The van der Waals surface area contributed by atoms with Gasteiger partial charge < -0.3 is 34.4 Å². The first-order valence-electron chi connectivity index (χ1n) is 4.36. The van der Waals surface area contributed by atoms with E-state index in [0.29, 0.717) is 5.17 Å². The summed E-state index contributed by atoms with van der Waals surface area (Å²) >= 11 is 1.39. The van der Waals surface area contributed by atoms with Crippen molar-refractivity contribution < 1.29 is 33.8 Å². The molecule has 0 unspecified atom stereocenters. The van der Waals surface area contributed by atoms with Gasteiger partial charge in [0.25, 0.3) is 0 Å². The van der Waals surface area contributed by atoms with Crippen molar-refractivity contribution in [1.82, 2.24) is 0 Å². The molecule has 3 N–H and O–H groups in total. The zero-order chi connectivity index (χ0) is 11.1. The van der Waals surface area contributed by atoms with Crippen molar-refractivity contribution in [1.29, 1.82) is 0 Å². The quantitative estimate of drug-likeness (QED) is 0.261. The highest BCUT2D eigenvalue weighted by atomic mass is 127. The molecule has 0 fully saturated rings. The molecular weight excluding hydrogens is 337 g/mol. The molecule has 6 heteroatoms. The average Bonchev–Trinajstić information content (AvgIpc) is 2.29. The number of ether oxygens (including phenoxy) is 1. The first-order chi connectivity index (χ1) is 7.26. The van der Waals surface area contributed by atoms with Crippen molar-refractivity contribution in [2.24, 2.45) is 10.8 Å². The van der Waals surface area contributed by atoms with Crippen LogP contribution in [0.4, 0.5) is 0 Å². The number of nitrogens with zero attached hydrogens (tertiary/aromatic N) is 1. The van der Waals surface area contributed by atoms with Crippen LogP contribution in [0.1, 0.15) is 5.56 Å². The van der Waals surface area contributed by atoms with Crippen molar-refractivity contribution >= 4 is 23.1 Å². The maximum Gasteiger partial charge on any atom is 0.225 e. The van der Waals surface area contributed by atoms with Gasteiger partial charge in [-0.05, 0) is 30.5 Å². The Hall–Kier alpha value is -0.760. The molecule has 4 nitrogen and oxygen atoms in total. The Morgan fingerprint density at radius 2 is 2.06 bits per heavy atom. The van der Waals surface area contributed by atoms with Crippen molar-refractivity contribution in [3.63, 3.8) is 0 Å². The van der Waals surface area contributed by atoms with E-state index in [-0.39, 0.29) is 24.0 Å². The lowest BCUT2D eigenvalue weighted by atomic mass is 10.2. The predicted octanol–water partition coefficient (Wildman–Crippen LogP) is -3.21. The second-order valence-corrected chi connectivity index (χ2v) is 3.53. The summed E-state index contributed by atoms with van der Waals surface area (Å²) in [6.07, 6.45) is 3.64. The molecule has 0 aliphatic carbocycles. The van der Waals surface area contributed by atoms with Crippen molar-refractivity contribution in [2.75, 3.05) is 13.4 Å². The standard InChI is InChI=1S/C10H13N3OS.HI/c1-14-9-5-3-8(4-6-9)7-12-13-10(11)15-2;/h3-7H,1-2H3,(H2,11,13);1H/b12-7-;. The van der Waals surface area contributed by atoms with Crippen LogP contribution in [0.3, 0.4) is 0 Å². The number of rotatable bonds is 3. The average molecular weight is 351 g/mol. The fourth-order valence-corrected chi connectivity index (χ4v) is 1.06. The molecule has 0 amide bonds. The molecule has 0 heterocycles. The molecule has 0 bridgehead atoms. The van der Waals surface area contributed by atoms with Gasteiger partial charge >= 0.3 is 0 Å². The van der Waals surface area contributed by atoms with E-state index < -0.39 is 0 Å². The monoisotopic (exact) mass is 351 g/mol. The van der Waals surface area contributed by atoms with Crippen LogP contribution in [0.5, 0.6) is 5.75 Å². The van der Waals surface area contributed by atoms with Crippen LogP contribution in [0.2, 0.25) is 0 Å². The minimum atomic E-state index is 0. The molecule has 0 saturated heterocycles. The van der Waals surface area contributed by atoms with Crippen LogP contribution >= 0.6 is 11.8 Å². The molecule has 0 radical (unpaired) electrons. The maximum atomic E-state index is 5.49. The first-order valence-corrected chi connectivity index (χ1v) is 5.58. The van der Waals surface area contributed by atoms with Crippen LogP contribution < -0.4 is 39.5 Å². The van der Waals surface area contributed by atoms with Crippen LogP contribution in [0.25, 0.3) is 0 Å². The summed E-state index contributed by atoms with van der Waals surface area (Å²) in [4.78, 5) is 0. The number of hydrazone groups is 1. The number of nitrogens with one attached hydrogen (secondary N) is 1. The summed E-state index contributed by atoms with van der Waals surface area (Å²) in [5.41, 5.74) is 6.50. The van der Waals surface area contributed by atoms with Gasteiger partial charge in [-0.1, -0.05) is 11.8 Å². The van der Waals surface area contributed by atoms with Gasteiger partial charge in [-0.3, -0.25) is 0 Å². The third-order valence-corrected chi connectivity index (χ3v) is 2.24. The fourth-order valence-electron chi connectivity index (χ4n) is 0.916. The molecule has 0 aliphatic rings. The van der Waals surface area contributed by atoms with E-state index in [2.05, 4.69) is 10.2 Å². The lowest BCUT2D eigenvalue weighted by Gasteiger charge is -1.96. The minimum absolute atomic E-state index is 0. The maximum absolute atomic E-state index is 5.49. The van der Waals surface area contributed by atoms with Gasteiger partial charge in [0.15, 0.2) is 0 Å². The van der Waals surface area contributed by atoms with E-state index in [4.69, 9.17) is 10.5 Å². The van der Waals surface area contributed by atoms with E-state index in [0.717, 1.165) is 11.3 Å². The molecule has 0 aromatic heterocycles. The number of hydrogen-bond donors (Lipinski definition) is 2.